The predicted molar refractivity (Wildman–Crippen MR) is 78.1 cm³/mol. The lowest BCUT2D eigenvalue weighted by molar-refractivity contribution is 0.100. The van der Waals surface area contributed by atoms with Crippen LogP contribution in [0.25, 0.3) is 0 Å². The van der Waals surface area contributed by atoms with Gasteiger partial charge in [-0.1, -0.05) is 6.07 Å². The first-order chi connectivity index (χ1) is 9.00. The summed E-state index contributed by atoms with van der Waals surface area (Å²) >= 11 is 0. The minimum Gasteiger partial charge on any atom is -0.396 e. The molecule has 0 aliphatic heterocycles. The largest absolute Gasteiger partial charge is 0.396 e. The molecule has 104 valence electrons. The molecular weight excluding hydrogens is 240 g/mol. The number of carbonyl (C=O) groups excluding carboxylic acids is 1. The van der Waals surface area contributed by atoms with Gasteiger partial charge in [0.1, 0.15) is 0 Å². The Morgan fingerprint density at radius 3 is 2.79 bits per heavy atom. The number of rotatable bonds is 6. The van der Waals surface area contributed by atoms with Gasteiger partial charge in [-0.05, 0) is 38.9 Å². The highest BCUT2D eigenvalue weighted by molar-refractivity contribution is 6.00. The van der Waals surface area contributed by atoms with Crippen LogP contribution in [0, 0.1) is 0 Å². The average Bonchev–Trinajstić information content (AvgIpc) is 3.20. The summed E-state index contributed by atoms with van der Waals surface area (Å²) in [6.45, 7) is 2.97. The van der Waals surface area contributed by atoms with Crippen LogP contribution in [0.2, 0.25) is 0 Å². The smallest absolute Gasteiger partial charge is 0.250 e. The fourth-order valence-corrected chi connectivity index (χ4v) is 2.18. The van der Waals surface area contributed by atoms with E-state index in [1.165, 1.54) is 12.8 Å². The third-order valence-electron chi connectivity index (χ3n) is 3.78. The Morgan fingerprint density at radius 2 is 2.21 bits per heavy atom. The molecule has 0 heterocycles. The Morgan fingerprint density at radius 1 is 1.53 bits per heavy atom. The van der Waals surface area contributed by atoms with E-state index < -0.39 is 5.91 Å². The van der Waals surface area contributed by atoms with Crippen LogP contribution in [0.3, 0.4) is 0 Å². The number of carbonyl (C=O) groups is 1. The number of nitrogens with zero attached hydrogens (tertiary/aromatic N) is 1. The molecule has 2 rings (SSSR count). The number of benzene rings is 1. The first kappa shape index (κ1) is 13.7. The molecule has 0 bridgehead atoms. The van der Waals surface area contributed by atoms with E-state index in [-0.39, 0.29) is 0 Å². The van der Waals surface area contributed by atoms with Crippen LogP contribution in [0.5, 0.6) is 0 Å². The SMILES string of the molecule is CC(CNc1cccc(C(N)=O)c1N)N(C)C1CC1. The van der Waals surface area contributed by atoms with Gasteiger partial charge in [-0.3, -0.25) is 9.69 Å². The fourth-order valence-electron chi connectivity index (χ4n) is 2.18. The molecule has 0 saturated heterocycles. The van der Waals surface area contributed by atoms with Crippen LogP contribution in [-0.4, -0.2) is 36.5 Å². The molecule has 1 amide bonds. The van der Waals surface area contributed by atoms with Crippen molar-refractivity contribution < 1.29 is 4.79 Å². The Balaban J connectivity index is 1.99. The summed E-state index contributed by atoms with van der Waals surface area (Å²) in [7, 11) is 2.15. The summed E-state index contributed by atoms with van der Waals surface area (Å²) in [6.07, 6.45) is 2.58. The monoisotopic (exact) mass is 262 g/mol. The number of amides is 1. The number of hydrogen-bond donors (Lipinski definition) is 3. The predicted octanol–water partition coefficient (Wildman–Crippen LogP) is 1.26. The molecule has 1 fully saturated rings. The first-order valence-corrected chi connectivity index (χ1v) is 6.64. The van der Waals surface area contributed by atoms with Crippen LogP contribution >= 0.6 is 0 Å². The standard InChI is InChI=1S/C14H22N4O/c1-9(18(2)10-6-7-10)8-17-12-5-3-4-11(13(12)15)14(16)19/h3-5,9-10,17H,6-8,15H2,1-2H3,(H2,16,19). The zero-order valence-corrected chi connectivity index (χ0v) is 11.5. The number of hydrogen-bond acceptors (Lipinski definition) is 4. The molecule has 1 aliphatic rings. The Kier molecular flexibility index (Phi) is 3.95. The molecule has 0 aromatic heterocycles. The van der Waals surface area contributed by atoms with Gasteiger partial charge >= 0.3 is 0 Å². The quantitative estimate of drug-likeness (QED) is 0.674. The van der Waals surface area contributed by atoms with Crippen molar-refractivity contribution in [2.24, 2.45) is 5.73 Å². The minimum atomic E-state index is -0.496. The lowest BCUT2D eigenvalue weighted by atomic mass is 10.1. The number of primary amides is 1. The molecule has 0 radical (unpaired) electrons. The van der Waals surface area contributed by atoms with Crippen molar-refractivity contribution in [3.8, 4) is 0 Å². The van der Waals surface area contributed by atoms with Gasteiger partial charge in [0.15, 0.2) is 0 Å². The van der Waals surface area contributed by atoms with Crippen LogP contribution in [-0.2, 0) is 0 Å². The van der Waals surface area contributed by atoms with Crippen molar-refractivity contribution in [2.75, 3.05) is 24.6 Å². The number of nitrogen functional groups attached to an aromatic ring is 1. The van der Waals surface area contributed by atoms with Gasteiger partial charge in [-0.25, -0.2) is 0 Å². The lowest BCUT2D eigenvalue weighted by Gasteiger charge is -2.25. The van der Waals surface area contributed by atoms with Gasteiger partial charge in [0.25, 0.3) is 5.91 Å². The van der Waals surface area contributed by atoms with Crippen molar-refractivity contribution in [1.29, 1.82) is 0 Å². The zero-order chi connectivity index (χ0) is 14.0. The highest BCUT2D eigenvalue weighted by Gasteiger charge is 2.28. The number of anilines is 2. The van der Waals surface area contributed by atoms with E-state index in [0.29, 0.717) is 17.3 Å². The molecule has 5 nitrogen and oxygen atoms in total. The van der Waals surface area contributed by atoms with Crippen LogP contribution in [0.1, 0.15) is 30.1 Å². The van der Waals surface area contributed by atoms with E-state index in [0.717, 1.165) is 18.3 Å². The molecule has 1 aromatic rings. The molecule has 1 atom stereocenters. The topological polar surface area (TPSA) is 84.4 Å². The van der Waals surface area contributed by atoms with Crippen molar-refractivity contribution in [2.45, 2.75) is 31.8 Å². The normalized spacial score (nSPS) is 16.4. The summed E-state index contributed by atoms with van der Waals surface area (Å²) in [5.41, 5.74) is 12.8. The summed E-state index contributed by atoms with van der Waals surface area (Å²) in [5.74, 6) is -0.496. The van der Waals surface area contributed by atoms with Crippen molar-refractivity contribution in [1.82, 2.24) is 4.90 Å². The summed E-state index contributed by atoms with van der Waals surface area (Å²) in [6, 6.07) is 6.44. The maximum atomic E-state index is 11.2. The molecule has 5 heteroatoms. The van der Waals surface area contributed by atoms with Crippen molar-refractivity contribution in [3.63, 3.8) is 0 Å². The molecule has 19 heavy (non-hydrogen) atoms. The number of para-hydroxylation sites is 1. The second kappa shape index (κ2) is 5.48. The maximum absolute atomic E-state index is 11.2. The third kappa shape index (κ3) is 3.17. The summed E-state index contributed by atoms with van der Waals surface area (Å²) < 4.78 is 0. The molecule has 1 unspecified atom stereocenters. The van der Waals surface area contributed by atoms with Gasteiger partial charge in [0.2, 0.25) is 0 Å². The van der Waals surface area contributed by atoms with Crippen molar-refractivity contribution in [3.05, 3.63) is 23.8 Å². The van der Waals surface area contributed by atoms with E-state index in [1.54, 1.807) is 12.1 Å². The molecule has 1 saturated carbocycles. The average molecular weight is 262 g/mol. The molecule has 0 spiro atoms. The Hall–Kier alpha value is -1.75. The molecule has 5 N–H and O–H groups in total. The van der Waals surface area contributed by atoms with E-state index in [1.807, 2.05) is 6.07 Å². The number of nitrogens with one attached hydrogen (secondary N) is 1. The Bertz CT molecular complexity index is 471. The van der Waals surface area contributed by atoms with E-state index in [9.17, 15) is 4.79 Å². The van der Waals surface area contributed by atoms with Gasteiger partial charge < -0.3 is 16.8 Å². The van der Waals surface area contributed by atoms with Gasteiger partial charge in [0, 0.05) is 18.6 Å². The summed E-state index contributed by atoms with van der Waals surface area (Å²) in [5, 5.41) is 3.30. The molecular formula is C14H22N4O. The highest BCUT2D eigenvalue weighted by atomic mass is 16.1. The van der Waals surface area contributed by atoms with Crippen molar-refractivity contribution >= 4 is 17.3 Å². The van der Waals surface area contributed by atoms with E-state index >= 15 is 0 Å². The Labute approximate surface area is 113 Å². The minimum absolute atomic E-state index is 0.369. The van der Waals surface area contributed by atoms with Gasteiger partial charge in [0.05, 0.1) is 16.9 Å². The van der Waals surface area contributed by atoms with Gasteiger partial charge in [-0.15, -0.1) is 0 Å². The number of likely N-dealkylation sites (N-methyl/N-ethyl adjacent to an activating group) is 1. The van der Waals surface area contributed by atoms with Gasteiger partial charge in [-0.2, -0.15) is 0 Å². The second-order valence-corrected chi connectivity index (χ2v) is 5.26. The van der Waals surface area contributed by atoms with E-state index in [4.69, 9.17) is 11.5 Å². The van der Waals surface area contributed by atoms with Crippen LogP contribution in [0.15, 0.2) is 18.2 Å². The molecule has 1 aromatic carbocycles. The zero-order valence-electron chi connectivity index (χ0n) is 11.5. The third-order valence-corrected chi connectivity index (χ3v) is 3.78. The van der Waals surface area contributed by atoms with Crippen LogP contribution in [0.4, 0.5) is 11.4 Å². The highest BCUT2D eigenvalue weighted by Crippen LogP contribution is 2.27. The van der Waals surface area contributed by atoms with E-state index in [2.05, 4.69) is 24.2 Å². The maximum Gasteiger partial charge on any atom is 0.250 e. The second-order valence-electron chi connectivity index (χ2n) is 5.26. The summed E-state index contributed by atoms with van der Waals surface area (Å²) in [4.78, 5) is 13.6. The molecule has 1 aliphatic carbocycles. The van der Waals surface area contributed by atoms with Crippen LogP contribution < -0.4 is 16.8 Å². The first-order valence-electron chi connectivity index (χ1n) is 6.64. The number of nitrogens with two attached hydrogens (primary N) is 2. The fraction of sp³-hybridized carbons (Fsp3) is 0.500. The lowest BCUT2D eigenvalue weighted by Crippen LogP contribution is -2.36.